The summed E-state index contributed by atoms with van der Waals surface area (Å²) in [5.74, 6) is 0.0945. The molecule has 1 aliphatic heterocycles. The number of imidazole rings is 1. The van der Waals surface area contributed by atoms with Crippen molar-refractivity contribution in [3.63, 3.8) is 0 Å². The van der Waals surface area contributed by atoms with Crippen molar-refractivity contribution >= 4 is 34.9 Å². The van der Waals surface area contributed by atoms with Gasteiger partial charge in [0.1, 0.15) is 17.4 Å². The number of rotatable bonds is 5. The van der Waals surface area contributed by atoms with E-state index < -0.39 is 0 Å². The van der Waals surface area contributed by atoms with Crippen LogP contribution in [0.25, 0.3) is 5.65 Å². The Balaban J connectivity index is 1.11. The first-order chi connectivity index (χ1) is 18.0. The number of likely N-dealkylation sites (tertiary alicyclic amines) is 1. The Labute approximate surface area is 218 Å². The molecule has 3 aromatic heterocycles. The van der Waals surface area contributed by atoms with Crippen LogP contribution in [0.2, 0.25) is 5.02 Å². The second kappa shape index (κ2) is 10.7. The highest BCUT2D eigenvalue weighted by molar-refractivity contribution is 6.33. The van der Waals surface area contributed by atoms with Crippen LogP contribution in [-0.4, -0.2) is 44.3 Å². The molecular weight excluding hydrogens is 490 g/mol. The van der Waals surface area contributed by atoms with E-state index in [0.29, 0.717) is 36.8 Å². The van der Waals surface area contributed by atoms with Crippen molar-refractivity contribution in [3.05, 3.63) is 94.7 Å². The van der Waals surface area contributed by atoms with Crippen molar-refractivity contribution in [3.8, 4) is 6.07 Å². The quantitative estimate of drug-likeness (QED) is 0.405. The fraction of sp³-hybridized carbons (Fsp3) is 0.222. The number of carbonyl (C=O) groups excluding carboxylic acids is 2. The van der Waals surface area contributed by atoms with Gasteiger partial charge in [0.25, 0.3) is 5.91 Å². The Morgan fingerprint density at radius 3 is 2.59 bits per heavy atom. The van der Waals surface area contributed by atoms with Gasteiger partial charge in [0.05, 0.1) is 10.6 Å². The molecule has 2 N–H and O–H groups in total. The summed E-state index contributed by atoms with van der Waals surface area (Å²) in [6, 6.07) is 14.8. The minimum atomic E-state index is -0.280. The van der Waals surface area contributed by atoms with Crippen LogP contribution in [-0.2, 0) is 6.54 Å². The molecule has 0 atom stereocenters. The number of urea groups is 1. The molecule has 10 heteroatoms. The summed E-state index contributed by atoms with van der Waals surface area (Å²) >= 11 is 6.17. The molecule has 37 heavy (non-hydrogen) atoms. The molecule has 0 bridgehead atoms. The normalized spacial score (nSPS) is 13.8. The zero-order valence-electron chi connectivity index (χ0n) is 19.9. The number of fused-ring (bicyclic) bond motifs is 1. The summed E-state index contributed by atoms with van der Waals surface area (Å²) in [4.78, 5) is 35.3. The lowest BCUT2D eigenvalue weighted by Gasteiger charge is -2.32. The minimum Gasteiger partial charge on any atom is -0.337 e. The Morgan fingerprint density at radius 2 is 1.86 bits per heavy atom. The topological polar surface area (TPSA) is 115 Å². The Hall–Kier alpha value is -4.42. The van der Waals surface area contributed by atoms with Gasteiger partial charge in [-0.1, -0.05) is 23.7 Å². The summed E-state index contributed by atoms with van der Waals surface area (Å²) in [5, 5.41) is 14.9. The van der Waals surface area contributed by atoms with Gasteiger partial charge in [0, 0.05) is 50.1 Å². The lowest BCUT2D eigenvalue weighted by molar-refractivity contribution is 0.0707. The predicted molar refractivity (Wildman–Crippen MR) is 139 cm³/mol. The lowest BCUT2D eigenvalue weighted by Crippen LogP contribution is -2.38. The zero-order valence-corrected chi connectivity index (χ0v) is 20.7. The van der Waals surface area contributed by atoms with Crippen molar-refractivity contribution in [2.45, 2.75) is 25.3 Å². The number of anilines is 1. The smallest absolute Gasteiger partial charge is 0.319 e. The molecule has 4 heterocycles. The maximum absolute atomic E-state index is 12.8. The molecule has 1 saturated heterocycles. The number of nitriles is 1. The van der Waals surface area contributed by atoms with E-state index in [4.69, 9.17) is 16.9 Å². The molecule has 1 aliphatic rings. The lowest BCUT2D eigenvalue weighted by atomic mass is 9.89. The van der Waals surface area contributed by atoms with Crippen molar-refractivity contribution in [2.75, 3.05) is 18.4 Å². The van der Waals surface area contributed by atoms with Crippen molar-refractivity contribution in [1.82, 2.24) is 24.6 Å². The molecule has 1 fully saturated rings. The summed E-state index contributed by atoms with van der Waals surface area (Å²) < 4.78 is 1.91. The molecule has 1 aromatic carbocycles. The summed E-state index contributed by atoms with van der Waals surface area (Å²) in [6.45, 7) is 1.58. The van der Waals surface area contributed by atoms with Crippen molar-refractivity contribution < 1.29 is 9.59 Å². The molecule has 0 unspecified atom stereocenters. The Kier molecular flexibility index (Phi) is 7.01. The number of hydrogen-bond donors (Lipinski definition) is 2. The molecule has 5 rings (SSSR count). The maximum atomic E-state index is 12.8. The molecule has 0 saturated carbocycles. The summed E-state index contributed by atoms with van der Waals surface area (Å²) in [5.41, 5.74) is 4.17. The van der Waals surface area contributed by atoms with Gasteiger partial charge in [0.15, 0.2) is 0 Å². The predicted octanol–water partition coefficient (Wildman–Crippen LogP) is 4.60. The van der Waals surface area contributed by atoms with Crippen molar-refractivity contribution in [1.29, 1.82) is 5.26 Å². The number of carbonyl (C=O) groups is 2. The fourth-order valence-corrected chi connectivity index (χ4v) is 4.73. The Morgan fingerprint density at radius 1 is 1.08 bits per heavy atom. The zero-order chi connectivity index (χ0) is 25.8. The van der Waals surface area contributed by atoms with E-state index in [0.717, 1.165) is 24.1 Å². The second-order valence-electron chi connectivity index (χ2n) is 8.89. The van der Waals surface area contributed by atoms with E-state index in [9.17, 15) is 9.59 Å². The highest BCUT2D eigenvalue weighted by Gasteiger charge is 2.26. The molecule has 0 spiro atoms. The van der Waals surface area contributed by atoms with Gasteiger partial charge in [-0.3, -0.25) is 4.79 Å². The minimum absolute atomic E-state index is 0.176. The average Bonchev–Trinajstić information content (AvgIpc) is 3.40. The largest absolute Gasteiger partial charge is 0.337 e. The molecular formula is C27H24ClN7O2. The third-order valence-corrected chi connectivity index (χ3v) is 6.80. The van der Waals surface area contributed by atoms with E-state index in [1.54, 1.807) is 11.1 Å². The van der Waals surface area contributed by atoms with Crippen LogP contribution in [0, 0.1) is 11.3 Å². The van der Waals surface area contributed by atoms with E-state index in [-0.39, 0.29) is 22.7 Å². The van der Waals surface area contributed by atoms with Crippen LogP contribution in [0.5, 0.6) is 0 Å². The number of hydrogen-bond acceptors (Lipinski definition) is 5. The molecule has 4 aromatic rings. The van der Waals surface area contributed by atoms with E-state index in [1.807, 2.05) is 59.3 Å². The second-order valence-corrected chi connectivity index (χ2v) is 9.30. The summed E-state index contributed by atoms with van der Waals surface area (Å²) in [7, 11) is 0. The number of amides is 3. The van der Waals surface area contributed by atoms with Gasteiger partial charge in [-0.25, -0.2) is 14.8 Å². The van der Waals surface area contributed by atoms with Gasteiger partial charge in [-0.15, -0.1) is 0 Å². The highest BCUT2D eigenvalue weighted by Crippen LogP contribution is 2.30. The molecule has 3 amide bonds. The van der Waals surface area contributed by atoms with Gasteiger partial charge >= 0.3 is 6.03 Å². The van der Waals surface area contributed by atoms with E-state index >= 15 is 0 Å². The first-order valence-electron chi connectivity index (χ1n) is 11.9. The van der Waals surface area contributed by atoms with Crippen molar-refractivity contribution in [2.24, 2.45) is 0 Å². The Bertz CT molecular complexity index is 1480. The number of nitrogens with zero attached hydrogens (tertiary/aromatic N) is 5. The van der Waals surface area contributed by atoms with Crippen LogP contribution in [0.4, 0.5) is 10.5 Å². The first kappa shape index (κ1) is 24.3. The molecule has 9 nitrogen and oxygen atoms in total. The monoisotopic (exact) mass is 513 g/mol. The number of piperidine rings is 1. The van der Waals surface area contributed by atoms with Crippen LogP contribution < -0.4 is 10.6 Å². The number of halogens is 1. The van der Waals surface area contributed by atoms with Crippen LogP contribution in [0.15, 0.2) is 67.3 Å². The van der Waals surface area contributed by atoms with Gasteiger partial charge in [0.2, 0.25) is 0 Å². The van der Waals surface area contributed by atoms with Gasteiger partial charge < -0.3 is 19.9 Å². The first-order valence-corrected chi connectivity index (χ1v) is 12.3. The van der Waals surface area contributed by atoms with Crippen LogP contribution in [0.1, 0.15) is 45.9 Å². The number of nitrogens with one attached hydrogen (secondary N) is 2. The number of aromatic nitrogens is 3. The molecule has 0 aliphatic carbocycles. The van der Waals surface area contributed by atoms with Crippen LogP contribution in [0.3, 0.4) is 0 Å². The SMILES string of the molecule is N#Cc1cnc(C(=O)N2CCC(c3ccc(NC(=O)NCc4ccn5ccnc5c4)cc3)CC2)c(Cl)c1. The number of pyridine rings is 2. The average molecular weight is 514 g/mol. The fourth-order valence-electron chi connectivity index (χ4n) is 4.48. The van der Waals surface area contributed by atoms with E-state index in [2.05, 4.69) is 20.6 Å². The highest BCUT2D eigenvalue weighted by atomic mass is 35.5. The number of benzene rings is 1. The summed E-state index contributed by atoms with van der Waals surface area (Å²) in [6.07, 6.45) is 8.51. The third kappa shape index (κ3) is 5.55. The maximum Gasteiger partial charge on any atom is 0.319 e. The third-order valence-electron chi connectivity index (χ3n) is 6.51. The standard InChI is InChI=1S/C27H24ClN7O2/c28-23-13-19(15-29)17-31-25(23)26(36)35-10-6-21(7-11-35)20-1-3-22(4-2-20)33-27(37)32-16-18-5-9-34-12-8-30-24(34)14-18/h1-5,8-9,12-14,17,21H,6-7,10-11,16H2,(H2,32,33,37). The molecule has 186 valence electrons. The van der Waals surface area contributed by atoms with E-state index in [1.165, 1.54) is 17.8 Å². The van der Waals surface area contributed by atoms with Gasteiger partial charge in [-0.2, -0.15) is 5.26 Å². The molecule has 0 radical (unpaired) electrons. The van der Waals surface area contributed by atoms with Gasteiger partial charge in [-0.05, 0) is 60.2 Å². The van der Waals surface area contributed by atoms with Crippen LogP contribution >= 0.6 is 11.6 Å².